The van der Waals surface area contributed by atoms with Crippen molar-refractivity contribution in [3.05, 3.63) is 103 Å². The van der Waals surface area contributed by atoms with Crippen LogP contribution < -0.4 is 0 Å². The first kappa shape index (κ1) is 22.3. The Kier molecular flexibility index (Phi) is 5.08. The third kappa shape index (κ3) is 3.53. The Hall–Kier alpha value is -4.18. The Labute approximate surface area is 211 Å². The summed E-state index contributed by atoms with van der Waals surface area (Å²) in [4.78, 5) is 9.09. The summed E-state index contributed by atoms with van der Waals surface area (Å²) in [5, 5.41) is 2.50. The van der Waals surface area contributed by atoms with Crippen molar-refractivity contribution in [2.45, 2.75) is 40.2 Å². The fraction of sp³-hybridized carbons (Fsp3) is 0.188. The van der Waals surface area contributed by atoms with Crippen molar-refractivity contribution in [1.29, 1.82) is 0 Å². The van der Waals surface area contributed by atoms with Crippen LogP contribution in [0.5, 0.6) is 0 Å². The summed E-state index contributed by atoms with van der Waals surface area (Å²) in [7, 11) is 0. The second kappa shape index (κ2) is 8.20. The van der Waals surface area contributed by atoms with E-state index in [0.29, 0.717) is 0 Å². The zero-order chi connectivity index (χ0) is 25.0. The van der Waals surface area contributed by atoms with Crippen LogP contribution in [0.25, 0.3) is 50.0 Å². The molecule has 0 fully saturated rings. The lowest BCUT2D eigenvalue weighted by molar-refractivity contribution is 0.394. The van der Waals surface area contributed by atoms with Gasteiger partial charge in [0.05, 0.1) is 11.0 Å². The van der Waals surface area contributed by atoms with E-state index in [1.807, 2.05) is 24.7 Å². The van der Waals surface area contributed by atoms with Crippen LogP contribution in [0.15, 0.2) is 91.4 Å². The first-order valence-corrected chi connectivity index (χ1v) is 12.4. The fourth-order valence-electron chi connectivity index (χ4n) is 5.48. The van der Waals surface area contributed by atoms with Gasteiger partial charge < -0.3 is 9.13 Å². The highest BCUT2D eigenvalue weighted by Gasteiger charge is 2.21. The zero-order valence-corrected chi connectivity index (χ0v) is 21.4. The van der Waals surface area contributed by atoms with Crippen LogP contribution in [0.1, 0.15) is 32.0 Å². The molecule has 4 nitrogen and oxygen atoms in total. The van der Waals surface area contributed by atoms with E-state index in [4.69, 9.17) is 4.98 Å². The van der Waals surface area contributed by atoms with E-state index in [2.05, 4.69) is 115 Å². The maximum atomic E-state index is 4.78. The van der Waals surface area contributed by atoms with Crippen LogP contribution in [-0.4, -0.2) is 19.1 Å². The van der Waals surface area contributed by atoms with Crippen LogP contribution in [0, 0.1) is 13.8 Å². The highest BCUT2D eigenvalue weighted by molar-refractivity contribution is 6.10. The third-order valence-corrected chi connectivity index (χ3v) is 6.97. The van der Waals surface area contributed by atoms with E-state index in [-0.39, 0.29) is 5.54 Å². The topological polar surface area (TPSA) is 35.6 Å². The lowest BCUT2D eigenvalue weighted by Crippen LogP contribution is -2.23. The van der Waals surface area contributed by atoms with E-state index in [1.165, 1.54) is 44.3 Å². The normalized spacial score (nSPS) is 12.0. The summed E-state index contributed by atoms with van der Waals surface area (Å²) in [6.07, 6.45) is 5.71. The van der Waals surface area contributed by atoms with E-state index < -0.39 is 0 Å². The lowest BCUT2D eigenvalue weighted by atomic mass is 10.0. The number of rotatable bonds is 3. The second-order valence-corrected chi connectivity index (χ2v) is 10.6. The molecule has 4 heteroatoms. The second-order valence-electron chi connectivity index (χ2n) is 10.6. The molecule has 6 aromatic rings. The molecule has 0 saturated carbocycles. The Morgan fingerprint density at radius 3 is 2.22 bits per heavy atom. The number of aromatic nitrogens is 4. The predicted molar refractivity (Wildman–Crippen MR) is 150 cm³/mol. The van der Waals surface area contributed by atoms with Crippen molar-refractivity contribution >= 4 is 21.8 Å². The van der Waals surface area contributed by atoms with Gasteiger partial charge in [-0.05, 0) is 88.2 Å². The monoisotopic (exact) mass is 470 g/mol. The number of imidazole rings is 1. The summed E-state index contributed by atoms with van der Waals surface area (Å²) in [5.41, 5.74) is 9.38. The predicted octanol–water partition coefficient (Wildman–Crippen LogP) is 8.08. The molecule has 0 aliphatic heterocycles. The molecular weight excluding hydrogens is 440 g/mol. The quantitative estimate of drug-likeness (QED) is 0.262. The number of pyridine rings is 1. The van der Waals surface area contributed by atoms with Gasteiger partial charge in [-0.15, -0.1) is 0 Å². The Balaban J connectivity index is 1.54. The van der Waals surface area contributed by atoms with Crippen molar-refractivity contribution in [1.82, 2.24) is 19.1 Å². The molecule has 0 atom stereocenters. The zero-order valence-electron chi connectivity index (χ0n) is 21.4. The van der Waals surface area contributed by atoms with Crippen molar-refractivity contribution < 1.29 is 0 Å². The molecule has 3 heterocycles. The molecule has 3 aromatic carbocycles. The largest absolute Gasteiger partial charge is 0.323 e. The lowest BCUT2D eigenvalue weighted by Gasteiger charge is -2.25. The summed E-state index contributed by atoms with van der Waals surface area (Å²) >= 11 is 0. The van der Waals surface area contributed by atoms with E-state index in [0.717, 1.165) is 17.0 Å². The molecule has 0 radical (unpaired) electrons. The van der Waals surface area contributed by atoms with Crippen molar-refractivity contribution in [3.63, 3.8) is 0 Å². The molecule has 0 aliphatic carbocycles. The molecule has 0 bridgehead atoms. The smallest absolute Gasteiger partial charge is 0.140 e. The maximum absolute atomic E-state index is 4.78. The minimum Gasteiger partial charge on any atom is -0.323 e. The van der Waals surface area contributed by atoms with E-state index in [1.54, 1.807) is 0 Å². The van der Waals surface area contributed by atoms with Crippen LogP contribution in [0.2, 0.25) is 0 Å². The first-order valence-electron chi connectivity index (χ1n) is 12.4. The number of para-hydroxylation sites is 1. The van der Waals surface area contributed by atoms with Crippen LogP contribution >= 0.6 is 0 Å². The molecule has 6 rings (SSSR count). The number of hydrogen-bond donors (Lipinski definition) is 0. The Bertz CT molecular complexity index is 1730. The minimum atomic E-state index is -0.0404. The first-order chi connectivity index (χ1) is 17.3. The van der Waals surface area contributed by atoms with Gasteiger partial charge in [0.1, 0.15) is 5.82 Å². The Morgan fingerprint density at radius 2 is 1.47 bits per heavy atom. The molecule has 178 valence electrons. The van der Waals surface area contributed by atoms with Gasteiger partial charge in [0.2, 0.25) is 0 Å². The van der Waals surface area contributed by atoms with Gasteiger partial charge in [0, 0.05) is 57.4 Å². The van der Waals surface area contributed by atoms with Crippen LogP contribution in [0.4, 0.5) is 0 Å². The number of fused-ring (bicyclic) bond motifs is 3. The Morgan fingerprint density at radius 1 is 0.694 bits per heavy atom. The summed E-state index contributed by atoms with van der Waals surface area (Å²) < 4.78 is 4.71. The highest BCUT2D eigenvalue weighted by Crippen LogP contribution is 2.36. The molecule has 3 aromatic heterocycles. The standard InChI is InChI=1S/C32H30N4/c1-21-17-24(31-34-19-22(2)36(31)32(3,4)5)13-14-28(21)35-29-11-7-6-10-26(29)27-18-23(12-15-30(27)35)25-9-8-16-33-20-25/h6-20H,1-5H3. The molecule has 36 heavy (non-hydrogen) atoms. The highest BCUT2D eigenvalue weighted by atomic mass is 15.1. The molecule has 0 saturated heterocycles. The van der Waals surface area contributed by atoms with Gasteiger partial charge in [0.25, 0.3) is 0 Å². The van der Waals surface area contributed by atoms with Crippen molar-refractivity contribution in [2.75, 3.05) is 0 Å². The summed E-state index contributed by atoms with van der Waals surface area (Å²) in [6.45, 7) is 11.0. The van der Waals surface area contributed by atoms with Gasteiger partial charge in [-0.1, -0.05) is 30.3 Å². The fourth-order valence-corrected chi connectivity index (χ4v) is 5.48. The molecular formula is C32H30N4. The molecule has 0 spiro atoms. The number of benzene rings is 3. The van der Waals surface area contributed by atoms with Gasteiger partial charge >= 0.3 is 0 Å². The molecule has 0 unspecified atom stereocenters. The number of aryl methyl sites for hydroxylation is 2. The van der Waals surface area contributed by atoms with Crippen LogP contribution in [-0.2, 0) is 5.54 Å². The van der Waals surface area contributed by atoms with Gasteiger partial charge in [-0.3, -0.25) is 4.98 Å². The molecule has 0 aliphatic rings. The van der Waals surface area contributed by atoms with E-state index in [9.17, 15) is 0 Å². The third-order valence-electron chi connectivity index (χ3n) is 6.97. The van der Waals surface area contributed by atoms with Crippen molar-refractivity contribution in [3.8, 4) is 28.2 Å². The molecule has 0 N–H and O–H groups in total. The van der Waals surface area contributed by atoms with E-state index >= 15 is 0 Å². The summed E-state index contributed by atoms with van der Waals surface area (Å²) in [5.74, 6) is 1.01. The van der Waals surface area contributed by atoms with Crippen LogP contribution in [0.3, 0.4) is 0 Å². The SMILES string of the molecule is Cc1cc(-c2ncc(C)n2C(C)(C)C)ccc1-n1c2ccccc2c2cc(-c3cccnc3)ccc21. The maximum Gasteiger partial charge on any atom is 0.140 e. The minimum absolute atomic E-state index is 0.0404. The van der Waals surface area contributed by atoms with Gasteiger partial charge in [-0.25, -0.2) is 4.98 Å². The van der Waals surface area contributed by atoms with Gasteiger partial charge in [0.15, 0.2) is 0 Å². The van der Waals surface area contributed by atoms with Gasteiger partial charge in [-0.2, -0.15) is 0 Å². The molecule has 0 amide bonds. The number of hydrogen-bond acceptors (Lipinski definition) is 2. The number of nitrogens with zero attached hydrogens (tertiary/aromatic N) is 4. The average Bonchev–Trinajstić information content (AvgIpc) is 3.42. The average molecular weight is 471 g/mol. The van der Waals surface area contributed by atoms with Crippen molar-refractivity contribution in [2.24, 2.45) is 0 Å². The summed E-state index contributed by atoms with van der Waals surface area (Å²) in [6, 6.07) is 26.2.